The van der Waals surface area contributed by atoms with E-state index in [0.717, 1.165) is 11.4 Å². The number of alkyl halides is 3. The van der Waals surface area contributed by atoms with Crippen LogP contribution in [0.25, 0.3) is 0 Å². The molecule has 0 radical (unpaired) electrons. The zero-order valence-electron chi connectivity index (χ0n) is 17.3. The minimum Gasteiger partial charge on any atom is -0.406 e. The molecule has 0 aliphatic carbocycles. The van der Waals surface area contributed by atoms with E-state index in [1.165, 1.54) is 18.2 Å². The molecule has 166 valence electrons. The molecule has 0 atom stereocenters. The van der Waals surface area contributed by atoms with Gasteiger partial charge in [-0.15, -0.1) is 13.2 Å². The van der Waals surface area contributed by atoms with Gasteiger partial charge in [-0.3, -0.25) is 4.79 Å². The number of hydrogen-bond acceptors (Lipinski definition) is 6. The maximum absolute atomic E-state index is 12.6. The van der Waals surface area contributed by atoms with Crippen molar-refractivity contribution in [2.24, 2.45) is 5.41 Å². The van der Waals surface area contributed by atoms with Gasteiger partial charge in [-0.1, -0.05) is 12.1 Å². The number of nitrogens with zero attached hydrogens (tertiary/aromatic N) is 4. The Kier molecular flexibility index (Phi) is 5.50. The topological polar surface area (TPSA) is 67.8 Å². The molecule has 0 saturated carbocycles. The van der Waals surface area contributed by atoms with Crippen LogP contribution in [0.3, 0.4) is 0 Å². The second-order valence-corrected chi connectivity index (χ2v) is 8.24. The second-order valence-electron chi connectivity index (χ2n) is 8.24. The summed E-state index contributed by atoms with van der Waals surface area (Å²) in [5.41, 5.74) is 2.06. The van der Waals surface area contributed by atoms with E-state index in [4.69, 9.17) is 4.74 Å². The van der Waals surface area contributed by atoms with Gasteiger partial charge in [0, 0.05) is 43.0 Å². The molecule has 2 aliphatic rings. The number of hydrogen-bond donors (Lipinski definition) is 0. The minimum atomic E-state index is -4.76. The van der Waals surface area contributed by atoms with E-state index in [0.29, 0.717) is 37.8 Å². The van der Waals surface area contributed by atoms with Gasteiger partial charge in [0.05, 0.1) is 6.61 Å². The van der Waals surface area contributed by atoms with Crippen molar-refractivity contribution >= 4 is 11.9 Å². The van der Waals surface area contributed by atoms with E-state index in [-0.39, 0.29) is 30.2 Å². The highest BCUT2D eigenvalue weighted by Crippen LogP contribution is 2.36. The summed E-state index contributed by atoms with van der Waals surface area (Å²) in [6.45, 7) is 6.09. The Bertz CT molecular complexity index is 956. The van der Waals surface area contributed by atoms with Gasteiger partial charge in [0.25, 0.3) is 0 Å². The first kappa shape index (κ1) is 21.4. The molecule has 1 amide bonds. The van der Waals surface area contributed by atoms with Gasteiger partial charge in [-0.25, -0.2) is 9.97 Å². The standard InChI is InChI=1S/C21H23F3N4O3/c1-14-6-15(2)26-19(25-14)28-11-20(12-28)10-27(18(29)9-30-13-20)8-16-4-3-5-17(7-16)31-21(22,23)24/h3-7H,8-13H2,1-2H3. The average Bonchev–Trinajstić information content (AvgIpc) is 2.78. The van der Waals surface area contributed by atoms with Gasteiger partial charge in [0.2, 0.25) is 11.9 Å². The number of aryl methyl sites for hydroxylation is 2. The van der Waals surface area contributed by atoms with Gasteiger partial charge in [0.15, 0.2) is 0 Å². The molecule has 0 bridgehead atoms. The molecular weight excluding hydrogens is 413 g/mol. The Morgan fingerprint density at radius 2 is 1.84 bits per heavy atom. The maximum atomic E-state index is 12.6. The van der Waals surface area contributed by atoms with Crippen LogP contribution < -0.4 is 9.64 Å². The highest BCUT2D eigenvalue weighted by Gasteiger charge is 2.48. The Labute approximate surface area is 177 Å². The van der Waals surface area contributed by atoms with E-state index in [2.05, 4.69) is 19.6 Å². The highest BCUT2D eigenvalue weighted by molar-refractivity contribution is 5.78. The van der Waals surface area contributed by atoms with Gasteiger partial charge in [-0.05, 0) is 37.6 Å². The molecule has 0 N–H and O–H groups in total. The maximum Gasteiger partial charge on any atom is 0.573 e. The fourth-order valence-corrected chi connectivity index (χ4v) is 4.14. The Balaban J connectivity index is 1.46. The number of halogens is 3. The van der Waals surface area contributed by atoms with Crippen LogP contribution in [0.4, 0.5) is 19.1 Å². The van der Waals surface area contributed by atoms with Crippen molar-refractivity contribution in [3.63, 3.8) is 0 Å². The molecule has 0 unspecified atom stereocenters. The zero-order chi connectivity index (χ0) is 22.2. The lowest BCUT2D eigenvalue weighted by Crippen LogP contribution is -2.63. The number of ether oxygens (including phenoxy) is 2. The predicted molar refractivity (Wildman–Crippen MR) is 106 cm³/mol. The van der Waals surface area contributed by atoms with Crippen molar-refractivity contribution in [1.29, 1.82) is 0 Å². The largest absolute Gasteiger partial charge is 0.573 e. The molecule has 4 rings (SSSR count). The smallest absolute Gasteiger partial charge is 0.406 e. The van der Waals surface area contributed by atoms with Crippen LogP contribution in [0.15, 0.2) is 30.3 Å². The van der Waals surface area contributed by atoms with Crippen molar-refractivity contribution in [3.05, 3.63) is 47.3 Å². The summed E-state index contributed by atoms with van der Waals surface area (Å²) in [4.78, 5) is 25.2. The molecule has 1 aromatic carbocycles. The Morgan fingerprint density at radius 3 is 2.52 bits per heavy atom. The lowest BCUT2D eigenvalue weighted by molar-refractivity contribution is -0.274. The number of amides is 1. The number of carbonyl (C=O) groups is 1. The van der Waals surface area contributed by atoms with E-state index < -0.39 is 6.36 Å². The third-order valence-corrected chi connectivity index (χ3v) is 5.32. The van der Waals surface area contributed by atoms with Gasteiger partial charge in [-0.2, -0.15) is 0 Å². The molecule has 10 heteroatoms. The van der Waals surface area contributed by atoms with Gasteiger partial charge < -0.3 is 19.3 Å². The molecule has 2 fully saturated rings. The van der Waals surface area contributed by atoms with Crippen molar-refractivity contribution in [2.75, 3.05) is 37.7 Å². The van der Waals surface area contributed by atoms with Crippen molar-refractivity contribution in [3.8, 4) is 5.75 Å². The fraction of sp³-hybridized carbons (Fsp3) is 0.476. The second kappa shape index (κ2) is 7.99. The molecular formula is C21H23F3N4O3. The highest BCUT2D eigenvalue weighted by atomic mass is 19.4. The van der Waals surface area contributed by atoms with E-state index in [1.807, 2.05) is 19.9 Å². The normalized spacial score (nSPS) is 18.7. The quantitative estimate of drug-likeness (QED) is 0.734. The lowest BCUT2D eigenvalue weighted by Gasteiger charge is -2.50. The fourth-order valence-electron chi connectivity index (χ4n) is 4.14. The summed E-state index contributed by atoms with van der Waals surface area (Å²) in [7, 11) is 0. The molecule has 2 aliphatic heterocycles. The summed E-state index contributed by atoms with van der Waals surface area (Å²) < 4.78 is 47.1. The summed E-state index contributed by atoms with van der Waals surface area (Å²) in [5, 5.41) is 0. The number of carbonyl (C=O) groups excluding carboxylic acids is 1. The Hall–Kier alpha value is -2.88. The number of aromatic nitrogens is 2. The first-order valence-corrected chi connectivity index (χ1v) is 9.88. The molecule has 31 heavy (non-hydrogen) atoms. The molecule has 2 saturated heterocycles. The Morgan fingerprint density at radius 1 is 1.13 bits per heavy atom. The van der Waals surface area contributed by atoms with E-state index in [1.54, 1.807) is 11.0 Å². The van der Waals surface area contributed by atoms with Crippen molar-refractivity contribution in [2.45, 2.75) is 26.8 Å². The summed E-state index contributed by atoms with van der Waals surface area (Å²) in [6.07, 6.45) is -4.76. The van der Waals surface area contributed by atoms with Crippen molar-refractivity contribution in [1.82, 2.24) is 14.9 Å². The average molecular weight is 436 g/mol. The van der Waals surface area contributed by atoms with Crippen LogP contribution in [-0.4, -0.2) is 60.0 Å². The van der Waals surface area contributed by atoms with Gasteiger partial charge >= 0.3 is 6.36 Å². The monoisotopic (exact) mass is 436 g/mol. The SMILES string of the molecule is Cc1cc(C)nc(N2CC3(COCC(=O)N(Cc4cccc(OC(F)(F)F)c4)C3)C2)n1. The van der Waals surface area contributed by atoms with Gasteiger partial charge in [0.1, 0.15) is 12.4 Å². The molecule has 1 aromatic heterocycles. The molecule has 3 heterocycles. The van der Waals surface area contributed by atoms with E-state index in [9.17, 15) is 18.0 Å². The number of benzene rings is 1. The molecule has 1 spiro atoms. The third-order valence-electron chi connectivity index (χ3n) is 5.32. The first-order valence-electron chi connectivity index (χ1n) is 9.88. The number of anilines is 1. The van der Waals surface area contributed by atoms with Crippen LogP contribution in [0.1, 0.15) is 17.0 Å². The number of rotatable bonds is 4. The third kappa shape index (κ3) is 5.07. The van der Waals surface area contributed by atoms with Crippen molar-refractivity contribution < 1.29 is 27.4 Å². The summed E-state index contributed by atoms with van der Waals surface area (Å²) in [5.74, 6) is 0.155. The molecule has 7 nitrogen and oxygen atoms in total. The van der Waals surface area contributed by atoms with Crippen LogP contribution in [0.2, 0.25) is 0 Å². The van der Waals surface area contributed by atoms with Crippen LogP contribution in [0.5, 0.6) is 5.75 Å². The molecule has 2 aromatic rings. The van der Waals surface area contributed by atoms with Crippen LogP contribution in [-0.2, 0) is 16.1 Å². The zero-order valence-corrected chi connectivity index (χ0v) is 17.3. The predicted octanol–water partition coefficient (Wildman–Crippen LogP) is 2.86. The minimum absolute atomic E-state index is 0.0550. The lowest BCUT2D eigenvalue weighted by atomic mass is 9.80. The summed E-state index contributed by atoms with van der Waals surface area (Å²) >= 11 is 0. The van der Waals surface area contributed by atoms with E-state index >= 15 is 0 Å². The van der Waals surface area contributed by atoms with Crippen LogP contribution in [0, 0.1) is 19.3 Å². The van der Waals surface area contributed by atoms with Crippen LogP contribution >= 0.6 is 0 Å². The summed E-state index contributed by atoms with van der Waals surface area (Å²) in [6, 6.07) is 7.60. The first-order chi connectivity index (χ1) is 14.6.